The maximum Gasteiger partial charge on any atom is 0.417 e. The van der Waals surface area contributed by atoms with Crippen LogP contribution >= 0.6 is 0 Å². The lowest BCUT2D eigenvalue weighted by atomic mass is 10.2. The molecule has 12 heteroatoms. The Morgan fingerprint density at radius 1 is 1.10 bits per heavy atom. The molecule has 3 rings (SSSR count). The Hall–Kier alpha value is -4.22. The van der Waals surface area contributed by atoms with Crippen LogP contribution in [0.4, 0.5) is 24.7 Å². The van der Waals surface area contributed by atoms with Crippen LogP contribution in [0.5, 0.6) is 17.4 Å². The average molecular weight is 433 g/mol. The van der Waals surface area contributed by atoms with Gasteiger partial charge < -0.3 is 9.47 Å². The monoisotopic (exact) mass is 433 g/mol. The number of anilines is 1. The van der Waals surface area contributed by atoms with Gasteiger partial charge in [0.1, 0.15) is 12.0 Å². The van der Waals surface area contributed by atoms with Gasteiger partial charge in [0.05, 0.1) is 23.8 Å². The average Bonchev–Trinajstić information content (AvgIpc) is 2.75. The first-order valence-electron chi connectivity index (χ1n) is 8.55. The Labute approximate surface area is 173 Å². The fourth-order valence-electron chi connectivity index (χ4n) is 2.30. The number of nitrogens with zero attached hydrogens (tertiary/aromatic N) is 4. The molecule has 0 bridgehead atoms. The van der Waals surface area contributed by atoms with Crippen LogP contribution < -0.4 is 14.9 Å². The molecule has 0 amide bonds. The summed E-state index contributed by atoms with van der Waals surface area (Å²) in [5.74, 6) is 0.941. The zero-order valence-electron chi connectivity index (χ0n) is 15.8. The molecule has 1 aromatic carbocycles. The molecule has 0 aliphatic carbocycles. The van der Waals surface area contributed by atoms with Crippen molar-refractivity contribution in [2.75, 3.05) is 12.5 Å². The third kappa shape index (κ3) is 5.65. The maximum absolute atomic E-state index is 12.5. The molecular formula is C19H14F3N5O4. The van der Waals surface area contributed by atoms with Gasteiger partial charge in [-0.15, -0.1) is 0 Å². The highest BCUT2D eigenvalue weighted by molar-refractivity contribution is 5.81. The molecule has 0 saturated carbocycles. The minimum Gasteiger partial charge on any atom is -0.493 e. The van der Waals surface area contributed by atoms with E-state index in [2.05, 4.69) is 20.5 Å². The molecule has 0 aliphatic heterocycles. The zero-order chi connectivity index (χ0) is 22.4. The van der Waals surface area contributed by atoms with Gasteiger partial charge in [-0.25, -0.2) is 9.97 Å². The van der Waals surface area contributed by atoms with E-state index in [4.69, 9.17) is 9.47 Å². The standard InChI is InChI=1S/C19H14F3N5O4/c1-30-16-8-12(9-25-26-17-6-3-13(10-23-17)19(20,21)22)2-5-15(16)31-18-7-4-14(11-24-18)27(28)29/h2-11H,1H3,(H,23,26)/b25-9-. The van der Waals surface area contributed by atoms with Crippen molar-refractivity contribution in [3.8, 4) is 17.4 Å². The van der Waals surface area contributed by atoms with E-state index in [-0.39, 0.29) is 17.4 Å². The molecule has 31 heavy (non-hydrogen) atoms. The topological polar surface area (TPSA) is 112 Å². The number of halogens is 3. The van der Waals surface area contributed by atoms with Crippen LogP contribution in [0.25, 0.3) is 0 Å². The Morgan fingerprint density at radius 3 is 2.48 bits per heavy atom. The number of methoxy groups -OCH3 is 1. The molecule has 0 radical (unpaired) electrons. The smallest absolute Gasteiger partial charge is 0.417 e. The summed E-state index contributed by atoms with van der Waals surface area (Å²) in [6, 6.07) is 9.51. The van der Waals surface area contributed by atoms with Crippen molar-refractivity contribution in [1.82, 2.24) is 9.97 Å². The number of aromatic nitrogens is 2. The molecule has 0 fully saturated rings. The van der Waals surface area contributed by atoms with Crippen LogP contribution in [-0.2, 0) is 6.18 Å². The summed E-state index contributed by atoms with van der Waals surface area (Å²) in [5.41, 5.74) is 2.11. The molecule has 3 aromatic rings. The fraction of sp³-hybridized carbons (Fsp3) is 0.105. The molecule has 0 saturated heterocycles. The molecule has 160 valence electrons. The van der Waals surface area contributed by atoms with Crippen molar-refractivity contribution in [3.63, 3.8) is 0 Å². The summed E-state index contributed by atoms with van der Waals surface area (Å²) in [4.78, 5) is 17.6. The summed E-state index contributed by atoms with van der Waals surface area (Å²) in [6.45, 7) is 0. The van der Waals surface area contributed by atoms with Gasteiger partial charge >= 0.3 is 6.18 Å². The predicted octanol–water partition coefficient (Wildman–Crippen LogP) is 4.65. The van der Waals surface area contributed by atoms with Gasteiger partial charge in [0.15, 0.2) is 11.5 Å². The number of ether oxygens (including phenoxy) is 2. The molecule has 1 N–H and O–H groups in total. The molecule has 0 spiro atoms. The normalized spacial score (nSPS) is 11.4. The number of nitrogens with one attached hydrogen (secondary N) is 1. The molecule has 9 nitrogen and oxygen atoms in total. The van der Waals surface area contributed by atoms with Crippen LogP contribution in [0.1, 0.15) is 11.1 Å². The second-order valence-electron chi connectivity index (χ2n) is 5.92. The lowest BCUT2D eigenvalue weighted by Gasteiger charge is -2.10. The molecular weight excluding hydrogens is 419 g/mol. The van der Waals surface area contributed by atoms with Crippen LogP contribution in [0.3, 0.4) is 0 Å². The Morgan fingerprint density at radius 2 is 1.90 bits per heavy atom. The number of hydrazone groups is 1. The number of nitro groups is 1. The Bertz CT molecular complexity index is 1090. The van der Waals surface area contributed by atoms with E-state index in [9.17, 15) is 23.3 Å². The first-order chi connectivity index (χ1) is 14.8. The molecule has 0 unspecified atom stereocenters. The van der Waals surface area contributed by atoms with E-state index in [1.807, 2.05) is 0 Å². The minimum atomic E-state index is -4.46. The quantitative estimate of drug-likeness (QED) is 0.328. The fourth-order valence-corrected chi connectivity index (χ4v) is 2.30. The number of hydrogen-bond donors (Lipinski definition) is 1. The predicted molar refractivity (Wildman–Crippen MR) is 104 cm³/mol. The van der Waals surface area contributed by atoms with Gasteiger partial charge in [-0.05, 0) is 35.9 Å². The van der Waals surface area contributed by atoms with Crippen molar-refractivity contribution < 1.29 is 27.6 Å². The van der Waals surface area contributed by atoms with Gasteiger partial charge in [-0.3, -0.25) is 15.5 Å². The van der Waals surface area contributed by atoms with E-state index in [0.717, 1.165) is 18.3 Å². The summed E-state index contributed by atoms with van der Waals surface area (Å²) in [7, 11) is 1.43. The molecule has 2 heterocycles. The van der Waals surface area contributed by atoms with Crippen molar-refractivity contribution in [2.24, 2.45) is 5.10 Å². The van der Waals surface area contributed by atoms with E-state index in [1.165, 1.54) is 25.5 Å². The summed E-state index contributed by atoms with van der Waals surface area (Å²) in [5, 5.41) is 14.6. The first-order valence-corrected chi connectivity index (χ1v) is 8.55. The second kappa shape index (κ2) is 9.07. The van der Waals surface area contributed by atoms with E-state index >= 15 is 0 Å². The van der Waals surface area contributed by atoms with Crippen LogP contribution in [0.2, 0.25) is 0 Å². The SMILES string of the molecule is COc1cc(/C=N\Nc2ccc(C(F)(F)F)cn2)ccc1Oc1ccc([N+](=O)[O-])cn1. The second-order valence-corrected chi connectivity index (χ2v) is 5.92. The highest BCUT2D eigenvalue weighted by Gasteiger charge is 2.30. The van der Waals surface area contributed by atoms with Crippen LogP contribution in [0, 0.1) is 10.1 Å². The van der Waals surface area contributed by atoms with E-state index < -0.39 is 16.7 Å². The Balaban J connectivity index is 1.67. The van der Waals surface area contributed by atoms with Crippen LogP contribution in [0.15, 0.2) is 60.0 Å². The number of hydrogen-bond acceptors (Lipinski definition) is 8. The number of rotatable bonds is 7. The van der Waals surface area contributed by atoms with Gasteiger partial charge in [-0.1, -0.05) is 0 Å². The van der Waals surface area contributed by atoms with Crippen molar-refractivity contribution in [3.05, 3.63) is 76.1 Å². The number of pyridine rings is 2. The van der Waals surface area contributed by atoms with E-state index in [0.29, 0.717) is 23.3 Å². The third-order valence-electron chi connectivity index (χ3n) is 3.82. The summed E-state index contributed by atoms with van der Waals surface area (Å²) >= 11 is 0. The van der Waals surface area contributed by atoms with Gasteiger partial charge in [0, 0.05) is 18.3 Å². The molecule has 2 aromatic heterocycles. The van der Waals surface area contributed by atoms with Crippen molar-refractivity contribution in [1.29, 1.82) is 0 Å². The number of benzene rings is 1. The summed E-state index contributed by atoms with van der Waals surface area (Å²) < 4.78 is 48.5. The molecule has 0 aliphatic rings. The minimum absolute atomic E-state index is 0.139. The lowest BCUT2D eigenvalue weighted by Crippen LogP contribution is -2.05. The first kappa shape index (κ1) is 21.5. The highest BCUT2D eigenvalue weighted by Crippen LogP contribution is 2.32. The highest BCUT2D eigenvalue weighted by atomic mass is 19.4. The lowest BCUT2D eigenvalue weighted by molar-refractivity contribution is -0.385. The Kier molecular flexibility index (Phi) is 6.29. The van der Waals surface area contributed by atoms with Gasteiger partial charge in [0.2, 0.25) is 5.88 Å². The van der Waals surface area contributed by atoms with Gasteiger partial charge in [-0.2, -0.15) is 18.3 Å². The zero-order valence-corrected chi connectivity index (χ0v) is 15.8. The number of alkyl halides is 3. The van der Waals surface area contributed by atoms with Gasteiger partial charge in [0.25, 0.3) is 5.69 Å². The summed E-state index contributed by atoms with van der Waals surface area (Å²) in [6.07, 6.45) is -1.27. The van der Waals surface area contributed by atoms with Crippen molar-refractivity contribution in [2.45, 2.75) is 6.18 Å². The van der Waals surface area contributed by atoms with Crippen molar-refractivity contribution >= 4 is 17.7 Å². The maximum atomic E-state index is 12.5. The third-order valence-corrected chi connectivity index (χ3v) is 3.82. The van der Waals surface area contributed by atoms with Crippen LogP contribution in [-0.4, -0.2) is 28.2 Å². The molecule has 0 atom stereocenters. The largest absolute Gasteiger partial charge is 0.493 e. The van der Waals surface area contributed by atoms with E-state index in [1.54, 1.807) is 18.2 Å².